The van der Waals surface area contributed by atoms with E-state index in [-0.39, 0.29) is 18.9 Å². The van der Waals surface area contributed by atoms with Crippen molar-refractivity contribution >= 4 is 0 Å². The molecule has 0 aromatic carbocycles. The first-order valence-electron chi connectivity index (χ1n) is 2.36. The predicted octanol–water partition coefficient (Wildman–Crippen LogP) is -2.18. The van der Waals surface area contributed by atoms with Crippen LogP contribution in [0, 0.1) is 0 Å². The van der Waals surface area contributed by atoms with E-state index in [1.165, 1.54) is 0 Å². The van der Waals surface area contributed by atoms with E-state index in [1.54, 1.807) is 6.92 Å². The zero-order valence-electron chi connectivity index (χ0n) is 7.83. The Balaban J connectivity index is -0.0000000891. The third-order valence-corrected chi connectivity index (χ3v) is 2.83. The second-order valence-corrected chi connectivity index (χ2v) is 4.84. The molecule has 0 aliphatic rings. The summed E-state index contributed by atoms with van der Waals surface area (Å²) in [5.74, 6) is 0. The van der Waals surface area contributed by atoms with Crippen LogP contribution in [0.25, 0.3) is 0 Å². The summed E-state index contributed by atoms with van der Waals surface area (Å²) in [4.78, 5) is 0. The monoisotopic (exact) mass is 298 g/mol. The summed E-state index contributed by atoms with van der Waals surface area (Å²) < 4.78 is 58.9. The standard InChI is InChI=1S/C2H6O.2Cr.2H3N.7O/c1-2-3;;;;;;;;;;;/h3H,2H2,1H3;;;2*1H3;;;;;;;/q;;;;;;;;;;2*-1/p+2. The average Bonchev–Trinajstić information content (AvgIpc) is 1.53. The fraction of sp³-hybridized carbons (Fsp3) is 1.00. The molecule has 0 saturated heterocycles. The normalized spacial score (nSPS) is 10.0. The first kappa shape index (κ1) is 23.7. The first-order chi connectivity index (χ1) is 5.12. The van der Waals surface area contributed by atoms with Gasteiger partial charge in [0.05, 0.1) is 0 Å². The van der Waals surface area contributed by atoms with Crippen LogP contribution >= 0.6 is 0 Å². The van der Waals surface area contributed by atoms with E-state index in [9.17, 15) is 23.5 Å². The fourth-order valence-corrected chi connectivity index (χ4v) is 1.74. The van der Waals surface area contributed by atoms with Gasteiger partial charge in [-0.05, 0) is 6.92 Å². The fourth-order valence-electron chi connectivity index (χ4n) is 0.102. The average molecular weight is 298 g/mol. The SMILES string of the molecule is CCO.[NH4+].[NH4+].[O]=[Cr](=[O])([O-])[O][Cr](=[O])(=[O])[O-]. The second kappa shape index (κ2) is 9.58. The van der Waals surface area contributed by atoms with Gasteiger partial charge in [0, 0.05) is 6.61 Å². The van der Waals surface area contributed by atoms with E-state index < -0.39 is 27.2 Å². The van der Waals surface area contributed by atoms with Gasteiger partial charge in [-0.15, -0.1) is 0 Å². The molecular weight excluding hydrogens is 284 g/mol. The van der Waals surface area contributed by atoms with Crippen LogP contribution in [0.1, 0.15) is 6.92 Å². The van der Waals surface area contributed by atoms with Crippen molar-refractivity contribution in [1.82, 2.24) is 12.3 Å². The first-order valence-corrected chi connectivity index (χ1v) is 6.52. The van der Waals surface area contributed by atoms with Gasteiger partial charge in [0.25, 0.3) is 0 Å². The van der Waals surface area contributed by atoms with Gasteiger partial charge in [0.15, 0.2) is 0 Å². The number of aliphatic hydroxyl groups excluding tert-OH is 1. The van der Waals surface area contributed by atoms with E-state index >= 15 is 0 Å². The summed E-state index contributed by atoms with van der Waals surface area (Å²) in [6, 6.07) is 0. The molecule has 0 atom stereocenters. The van der Waals surface area contributed by atoms with E-state index in [1.807, 2.05) is 0 Å². The van der Waals surface area contributed by atoms with Crippen LogP contribution in [0.2, 0.25) is 0 Å². The molecule has 0 aromatic rings. The molecular formula is C2H14Cr2N2O8. The van der Waals surface area contributed by atoms with Crippen molar-refractivity contribution in [3.63, 3.8) is 0 Å². The Morgan fingerprint density at radius 3 is 1.21 bits per heavy atom. The van der Waals surface area contributed by atoms with Crippen molar-refractivity contribution in [3.05, 3.63) is 0 Å². The number of quaternary nitrogens is 2. The molecule has 0 aliphatic carbocycles. The van der Waals surface area contributed by atoms with Gasteiger partial charge < -0.3 is 17.4 Å². The minimum atomic E-state index is -6.07. The Bertz CT molecular complexity index is 261. The Morgan fingerprint density at radius 1 is 1.07 bits per heavy atom. The summed E-state index contributed by atoms with van der Waals surface area (Å²) in [5.41, 5.74) is 0. The molecule has 9 N–H and O–H groups in total. The van der Waals surface area contributed by atoms with Crippen molar-refractivity contribution in [2.75, 3.05) is 6.61 Å². The van der Waals surface area contributed by atoms with E-state index in [2.05, 4.69) is 2.84 Å². The molecule has 0 radical (unpaired) electrons. The van der Waals surface area contributed by atoms with Crippen LogP contribution in [-0.2, 0) is 45.3 Å². The van der Waals surface area contributed by atoms with Gasteiger partial charge in [-0.1, -0.05) is 0 Å². The van der Waals surface area contributed by atoms with Crippen LogP contribution in [-0.4, -0.2) is 11.7 Å². The Labute approximate surface area is 84.8 Å². The summed E-state index contributed by atoms with van der Waals surface area (Å²) in [6.45, 7) is 1.93. The molecule has 0 bridgehead atoms. The zero-order chi connectivity index (χ0) is 10.4. The summed E-state index contributed by atoms with van der Waals surface area (Å²) >= 11 is -12.1. The quantitative estimate of drug-likeness (QED) is 0.507. The molecule has 92 valence electrons. The van der Waals surface area contributed by atoms with Crippen molar-refractivity contribution in [3.8, 4) is 0 Å². The predicted molar refractivity (Wildman–Crippen MR) is 28.6 cm³/mol. The number of aliphatic hydroxyl groups is 1. The van der Waals surface area contributed by atoms with Crippen LogP contribution in [0.15, 0.2) is 0 Å². The number of hydrogen-bond donors (Lipinski definition) is 3. The van der Waals surface area contributed by atoms with Crippen LogP contribution < -0.4 is 20.6 Å². The zero-order valence-corrected chi connectivity index (χ0v) is 10.4. The molecule has 12 heteroatoms. The maximum absolute atomic E-state index is 9.38. The van der Waals surface area contributed by atoms with Gasteiger partial charge in [0.2, 0.25) is 0 Å². The van der Waals surface area contributed by atoms with Gasteiger partial charge >= 0.3 is 53.6 Å². The van der Waals surface area contributed by atoms with Crippen molar-refractivity contribution in [1.29, 1.82) is 0 Å². The third-order valence-electron chi connectivity index (χ3n) is 0.167. The van der Waals surface area contributed by atoms with E-state index in [0.29, 0.717) is 0 Å². The van der Waals surface area contributed by atoms with E-state index in [4.69, 9.17) is 5.11 Å². The van der Waals surface area contributed by atoms with Gasteiger partial charge in [-0.25, -0.2) is 0 Å². The topological polar surface area (TPSA) is 217 Å². The Morgan fingerprint density at radius 2 is 1.21 bits per heavy atom. The Kier molecular flexibility index (Phi) is 16.2. The molecule has 10 nitrogen and oxygen atoms in total. The van der Waals surface area contributed by atoms with Crippen LogP contribution in [0.3, 0.4) is 0 Å². The summed E-state index contributed by atoms with van der Waals surface area (Å²) in [5, 5.41) is 7.57. The van der Waals surface area contributed by atoms with Gasteiger partial charge in [-0.2, -0.15) is 0 Å². The minimum absolute atomic E-state index is 0. The second-order valence-electron chi connectivity index (χ2n) is 1.20. The molecule has 0 unspecified atom stereocenters. The molecule has 0 fully saturated rings. The maximum atomic E-state index is 9.38. The van der Waals surface area contributed by atoms with Crippen LogP contribution in [0.5, 0.6) is 0 Å². The summed E-state index contributed by atoms with van der Waals surface area (Å²) in [7, 11) is 0. The molecule has 0 saturated carbocycles. The molecule has 0 aliphatic heterocycles. The van der Waals surface area contributed by atoms with E-state index in [0.717, 1.165) is 0 Å². The molecule has 0 heterocycles. The molecule has 0 amide bonds. The van der Waals surface area contributed by atoms with Gasteiger partial charge in [-0.3, -0.25) is 0 Å². The molecule has 0 rings (SSSR count). The Hall–Kier alpha value is 0.0249. The van der Waals surface area contributed by atoms with Crippen molar-refractivity contribution in [2.24, 2.45) is 0 Å². The number of rotatable bonds is 2. The number of hydrogen-bond acceptors (Lipinski definition) is 8. The summed E-state index contributed by atoms with van der Waals surface area (Å²) in [6.07, 6.45) is 0. The molecule has 14 heavy (non-hydrogen) atoms. The van der Waals surface area contributed by atoms with Gasteiger partial charge in [0.1, 0.15) is 0 Å². The van der Waals surface area contributed by atoms with Crippen molar-refractivity contribution in [2.45, 2.75) is 6.92 Å². The van der Waals surface area contributed by atoms with Crippen molar-refractivity contribution < 1.29 is 58.7 Å². The third kappa shape index (κ3) is 40.3. The van der Waals surface area contributed by atoms with Crippen LogP contribution in [0.4, 0.5) is 0 Å². The molecule has 0 aromatic heterocycles. The molecule has 0 spiro atoms.